The minimum atomic E-state index is -0.292. The molecular weight excluding hydrogens is 452 g/mol. The summed E-state index contributed by atoms with van der Waals surface area (Å²) in [5, 5.41) is 5.33. The molecule has 2 heterocycles. The summed E-state index contributed by atoms with van der Waals surface area (Å²) < 4.78 is 10.2. The summed E-state index contributed by atoms with van der Waals surface area (Å²) in [5.74, 6) is -1.10. The summed E-state index contributed by atoms with van der Waals surface area (Å²) in [7, 11) is 0. The molecule has 0 bridgehead atoms. The van der Waals surface area contributed by atoms with Crippen molar-refractivity contribution in [3.63, 3.8) is 0 Å². The summed E-state index contributed by atoms with van der Waals surface area (Å²) in [4.78, 5) is 54.9. The van der Waals surface area contributed by atoms with Gasteiger partial charge >= 0.3 is 11.9 Å². The van der Waals surface area contributed by atoms with Crippen molar-refractivity contribution in [1.29, 1.82) is 0 Å². The van der Waals surface area contributed by atoms with Gasteiger partial charge in [0.1, 0.15) is 13.2 Å². The van der Waals surface area contributed by atoms with Gasteiger partial charge < -0.3 is 20.1 Å². The van der Waals surface area contributed by atoms with Crippen LogP contribution in [0.25, 0.3) is 0 Å². The number of ether oxygens (including phenoxy) is 2. The minimum absolute atomic E-state index is 0.125. The van der Waals surface area contributed by atoms with E-state index in [0.717, 1.165) is 19.3 Å². The number of carbonyl (C=O) groups excluding carboxylic acids is 4. The number of esters is 2. The summed E-state index contributed by atoms with van der Waals surface area (Å²) in [6.45, 7) is 0.735. The molecule has 35 heavy (non-hydrogen) atoms. The maximum atomic E-state index is 11.8. The lowest BCUT2D eigenvalue weighted by molar-refractivity contribution is -0.144. The van der Waals surface area contributed by atoms with Gasteiger partial charge in [-0.1, -0.05) is 19.3 Å². The molecule has 0 atom stereocenters. The highest BCUT2D eigenvalue weighted by molar-refractivity contribution is 5.94. The fourth-order valence-electron chi connectivity index (χ4n) is 3.07. The standard InChI is InChI=1S/C25H32N4O6/c30-22(34-16-14-28-24(32)20-8-6-12-26-18-20)10-4-2-1-3-5-11-23(31)35-17-15-29-25(33)21-9-7-13-27-19-21/h6-9,12-13,18-19H,1-5,10-11,14-17H2,(H,28,32)(H,29,33). The molecule has 0 aliphatic rings. The van der Waals surface area contributed by atoms with Gasteiger partial charge in [-0.3, -0.25) is 29.1 Å². The third kappa shape index (κ3) is 12.3. The number of hydrogen-bond acceptors (Lipinski definition) is 8. The first kappa shape index (κ1) is 27.4. The van der Waals surface area contributed by atoms with E-state index in [1.165, 1.54) is 12.4 Å². The Balaban J connectivity index is 1.37. The van der Waals surface area contributed by atoms with E-state index in [1.807, 2.05) is 0 Å². The Morgan fingerprint density at radius 1 is 0.657 bits per heavy atom. The minimum Gasteiger partial charge on any atom is -0.464 e. The average molecular weight is 485 g/mol. The fraction of sp³-hybridized carbons (Fsp3) is 0.440. The van der Waals surface area contributed by atoms with Gasteiger partial charge in [0.2, 0.25) is 0 Å². The molecule has 2 aromatic heterocycles. The Labute approximate surface area is 204 Å². The summed E-state index contributed by atoms with van der Waals surface area (Å²) >= 11 is 0. The lowest BCUT2D eigenvalue weighted by Gasteiger charge is -2.07. The number of nitrogens with zero attached hydrogens (tertiary/aromatic N) is 2. The van der Waals surface area contributed by atoms with Crippen molar-refractivity contribution in [2.24, 2.45) is 0 Å². The van der Waals surface area contributed by atoms with Gasteiger partial charge in [0.05, 0.1) is 24.2 Å². The first-order valence-electron chi connectivity index (χ1n) is 11.7. The molecule has 2 rings (SSSR count). The first-order valence-corrected chi connectivity index (χ1v) is 11.7. The third-order valence-corrected chi connectivity index (χ3v) is 4.91. The van der Waals surface area contributed by atoms with E-state index in [1.54, 1.807) is 36.7 Å². The highest BCUT2D eigenvalue weighted by atomic mass is 16.5. The zero-order valence-electron chi connectivity index (χ0n) is 19.7. The predicted octanol–water partition coefficient (Wildman–Crippen LogP) is 2.45. The zero-order valence-corrected chi connectivity index (χ0v) is 19.7. The summed E-state index contributed by atoms with van der Waals surface area (Å²) in [5.41, 5.74) is 0.912. The molecule has 2 amide bonds. The SMILES string of the molecule is O=C(CCCCCCCC(=O)OCCNC(=O)c1cccnc1)OCCNC(=O)c1cccnc1. The molecule has 0 unspecified atom stereocenters. The highest BCUT2D eigenvalue weighted by Gasteiger charge is 2.08. The predicted molar refractivity (Wildman–Crippen MR) is 127 cm³/mol. The Kier molecular flexibility index (Phi) is 13.1. The normalized spacial score (nSPS) is 10.3. The van der Waals surface area contributed by atoms with Gasteiger partial charge in [0.15, 0.2) is 0 Å². The highest BCUT2D eigenvalue weighted by Crippen LogP contribution is 2.08. The van der Waals surface area contributed by atoms with Gasteiger partial charge in [-0.25, -0.2) is 0 Å². The molecule has 0 aromatic carbocycles. The molecule has 0 radical (unpaired) electrons. The molecule has 10 nitrogen and oxygen atoms in total. The average Bonchev–Trinajstić information content (AvgIpc) is 2.89. The molecule has 2 aromatic rings. The van der Waals surface area contributed by atoms with Crippen LogP contribution in [0.4, 0.5) is 0 Å². The largest absolute Gasteiger partial charge is 0.464 e. The first-order chi connectivity index (χ1) is 17.1. The molecule has 10 heteroatoms. The van der Waals surface area contributed by atoms with Crippen LogP contribution in [0.1, 0.15) is 65.7 Å². The lowest BCUT2D eigenvalue weighted by Crippen LogP contribution is -2.28. The van der Waals surface area contributed by atoms with Gasteiger partial charge in [0.25, 0.3) is 11.8 Å². The second kappa shape index (κ2) is 16.7. The smallest absolute Gasteiger partial charge is 0.305 e. The van der Waals surface area contributed by atoms with Gasteiger partial charge in [-0.05, 0) is 37.1 Å². The topological polar surface area (TPSA) is 137 Å². The van der Waals surface area contributed by atoms with E-state index in [4.69, 9.17) is 9.47 Å². The second-order valence-corrected chi connectivity index (χ2v) is 7.70. The van der Waals surface area contributed by atoms with Gasteiger partial charge in [-0.15, -0.1) is 0 Å². The fourth-order valence-corrected chi connectivity index (χ4v) is 3.07. The Hall–Kier alpha value is -3.82. The van der Waals surface area contributed by atoms with Crippen LogP contribution in [-0.2, 0) is 19.1 Å². The number of hydrogen-bond donors (Lipinski definition) is 2. The molecule has 0 spiro atoms. The molecule has 188 valence electrons. The number of nitrogens with one attached hydrogen (secondary N) is 2. The van der Waals surface area contributed by atoms with Crippen molar-refractivity contribution in [2.75, 3.05) is 26.3 Å². The van der Waals surface area contributed by atoms with Crippen molar-refractivity contribution >= 4 is 23.8 Å². The molecule has 0 aliphatic carbocycles. The number of amides is 2. The number of carbonyl (C=O) groups is 4. The maximum absolute atomic E-state index is 11.8. The van der Waals surface area contributed by atoms with Crippen LogP contribution >= 0.6 is 0 Å². The molecule has 0 fully saturated rings. The number of aromatic nitrogens is 2. The van der Waals surface area contributed by atoms with E-state index in [2.05, 4.69) is 20.6 Å². The summed E-state index contributed by atoms with van der Waals surface area (Å²) in [6.07, 6.45) is 10.8. The Bertz CT molecular complexity index is 849. The van der Waals surface area contributed by atoms with Crippen molar-refractivity contribution < 1.29 is 28.7 Å². The van der Waals surface area contributed by atoms with Gasteiger partial charge in [0, 0.05) is 37.6 Å². The second-order valence-electron chi connectivity index (χ2n) is 7.70. The van der Waals surface area contributed by atoms with Crippen LogP contribution in [0, 0.1) is 0 Å². The monoisotopic (exact) mass is 484 g/mol. The van der Waals surface area contributed by atoms with E-state index in [9.17, 15) is 19.2 Å². The van der Waals surface area contributed by atoms with E-state index in [-0.39, 0.29) is 50.1 Å². The zero-order chi connectivity index (χ0) is 25.1. The quantitative estimate of drug-likeness (QED) is 0.274. The Morgan fingerprint density at radius 3 is 1.49 bits per heavy atom. The molecule has 2 N–H and O–H groups in total. The van der Waals surface area contributed by atoms with Crippen LogP contribution in [-0.4, -0.2) is 60.0 Å². The van der Waals surface area contributed by atoms with E-state index >= 15 is 0 Å². The third-order valence-electron chi connectivity index (χ3n) is 4.91. The molecule has 0 aliphatic heterocycles. The van der Waals surface area contributed by atoms with E-state index in [0.29, 0.717) is 36.8 Å². The lowest BCUT2D eigenvalue weighted by atomic mass is 10.1. The van der Waals surface area contributed by atoms with Crippen LogP contribution in [0.5, 0.6) is 0 Å². The van der Waals surface area contributed by atoms with Crippen molar-refractivity contribution in [3.05, 3.63) is 60.2 Å². The number of rotatable bonds is 16. The molecule has 0 saturated carbocycles. The van der Waals surface area contributed by atoms with Crippen molar-refractivity contribution in [3.8, 4) is 0 Å². The Morgan fingerprint density at radius 2 is 1.09 bits per heavy atom. The number of pyridine rings is 2. The van der Waals surface area contributed by atoms with Crippen LogP contribution in [0.15, 0.2) is 49.1 Å². The molecular formula is C25H32N4O6. The van der Waals surface area contributed by atoms with Crippen molar-refractivity contribution in [2.45, 2.75) is 44.9 Å². The van der Waals surface area contributed by atoms with Crippen LogP contribution in [0.3, 0.4) is 0 Å². The maximum Gasteiger partial charge on any atom is 0.305 e. The number of unbranched alkanes of at least 4 members (excludes halogenated alkanes) is 4. The van der Waals surface area contributed by atoms with Crippen LogP contribution < -0.4 is 10.6 Å². The van der Waals surface area contributed by atoms with E-state index < -0.39 is 0 Å². The van der Waals surface area contributed by atoms with Crippen LogP contribution in [0.2, 0.25) is 0 Å². The summed E-state index contributed by atoms with van der Waals surface area (Å²) in [6, 6.07) is 6.67. The van der Waals surface area contributed by atoms with Gasteiger partial charge in [-0.2, -0.15) is 0 Å². The van der Waals surface area contributed by atoms with Crippen molar-refractivity contribution in [1.82, 2.24) is 20.6 Å². The molecule has 0 saturated heterocycles.